The van der Waals surface area contributed by atoms with Crippen molar-refractivity contribution in [2.45, 2.75) is 110 Å². The third kappa shape index (κ3) is 5.40. The van der Waals surface area contributed by atoms with Gasteiger partial charge in [0, 0.05) is 24.9 Å². The maximum atomic E-state index is 14.7. The van der Waals surface area contributed by atoms with E-state index in [1.807, 2.05) is 6.92 Å². The summed E-state index contributed by atoms with van der Waals surface area (Å²) in [5, 5.41) is 32.8. The SMILES string of the molecule is C[C@H](CCCN1CCCC(C(=O)[O-])C1)[C@H]1CC[C@H]2[C@@H]3[C@@H](O)C[C@@H]4C[C@@H](O)C(F)(F)C[C@]4(C)[C@H]3CC[C@]12C.[Na+]. The molecule has 0 spiro atoms. The van der Waals surface area contributed by atoms with E-state index in [4.69, 9.17) is 0 Å². The minimum Gasteiger partial charge on any atom is -0.550 e. The summed E-state index contributed by atoms with van der Waals surface area (Å²) in [4.78, 5) is 13.6. The summed E-state index contributed by atoms with van der Waals surface area (Å²) in [7, 11) is 0. The van der Waals surface area contributed by atoms with Gasteiger partial charge in [-0.2, -0.15) is 0 Å². The molecule has 0 aromatic heterocycles. The summed E-state index contributed by atoms with van der Waals surface area (Å²) < 4.78 is 29.5. The first-order valence-corrected chi connectivity index (χ1v) is 15.0. The van der Waals surface area contributed by atoms with Crippen molar-refractivity contribution in [2.75, 3.05) is 19.6 Å². The van der Waals surface area contributed by atoms with Crippen LogP contribution in [0.25, 0.3) is 0 Å². The molecule has 1 unspecified atom stereocenters. The first-order valence-electron chi connectivity index (χ1n) is 15.0. The molecule has 5 fully saturated rings. The number of rotatable bonds is 6. The molecule has 212 valence electrons. The van der Waals surface area contributed by atoms with Crippen LogP contribution in [0.5, 0.6) is 0 Å². The van der Waals surface area contributed by atoms with E-state index < -0.39 is 29.5 Å². The van der Waals surface area contributed by atoms with Crippen molar-refractivity contribution in [1.29, 1.82) is 0 Å². The number of carbonyl (C=O) groups excluding carboxylic acids is 1. The van der Waals surface area contributed by atoms with Gasteiger partial charge in [-0.25, -0.2) is 8.78 Å². The summed E-state index contributed by atoms with van der Waals surface area (Å²) in [6.07, 6.45) is 6.32. The summed E-state index contributed by atoms with van der Waals surface area (Å²) in [6, 6.07) is 0. The average molecular weight is 548 g/mol. The summed E-state index contributed by atoms with van der Waals surface area (Å²) in [5.41, 5.74) is -0.387. The van der Waals surface area contributed by atoms with Crippen LogP contribution in [0.1, 0.15) is 91.4 Å². The third-order valence-corrected chi connectivity index (χ3v) is 12.4. The van der Waals surface area contributed by atoms with E-state index >= 15 is 0 Å². The number of likely N-dealkylation sites (tertiary alicyclic amines) is 1. The van der Waals surface area contributed by atoms with E-state index in [-0.39, 0.29) is 71.5 Å². The Labute approximate surface area is 249 Å². The normalized spacial score (nSPS) is 47.2. The molecule has 11 atom stereocenters. The monoisotopic (exact) mass is 547 g/mol. The molecule has 0 aromatic rings. The number of piperidine rings is 1. The van der Waals surface area contributed by atoms with Crippen LogP contribution < -0.4 is 34.7 Å². The van der Waals surface area contributed by atoms with Gasteiger partial charge in [-0.1, -0.05) is 20.8 Å². The van der Waals surface area contributed by atoms with E-state index in [0.29, 0.717) is 30.7 Å². The number of aliphatic hydroxyl groups is 2. The number of aliphatic carboxylic acids is 1. The molecule has 5 aliphatic rings. The maximum Gasteiger partial charge on any atom is 1.00 e. The van der Waals surface area contributed by atoms with Gasteiger partial charge < -0.3 is 25.0 Å². The Hall–Kier alpha value is 0.210. The van der Waals surface area contributed by atoms with Gasteiger partial charge in [-0.15, -0.1) is 0 Å². The van der Waals surface area contributed by atoms with Gasteiger partial charge in [-0.3, -0.25) is 0 Å². The van der Waals surface area contributed by atoms with Gasteiger partial charge in [-0.05, 0) is 124 Å². The van der Waals surface area contributed by atoms with Gasteiger partial charge in [0.1, 0.15) is 6.10 Å². The van der Waals surface area contributed by atoms with Crippen LogP contribution in [-0.4, -0.2) is 58.8 Å². The van der Waals surface area contributed by atoms with E-state index in [1.165, 1.54) is 0 Å². The summed E-state index contributed by atoms with van der Waals surface area (Å²) in [5.74, 6) is -2.66. The number of halogens is 2. The van der Waals surface area contributed by atoms with Gasteiger partial charge in [0.25, 0.3) is 5.92 Å². The van der Waals surface area contributed by atoms with Gasteiger partial charge >= 0.3 is 29.6 Å². The fraction of sp³-hybridized carbons (Fsp3) is 0.967. The zero-order chi connectivity index (χ0) is 26.8. The number of alkyl halides is 2. The Kier molecular flexibility index (Phi) is 9.41. The second-order valence-electron chi connectivity index (χ2n) is 14.3. The molecule has 0 amide bonds. The molecule has 4 aliphatic carbocycles. The molecular formula is C30H48F2NNaO4. The Morgan fingerprint density at radius 2 is 1.79 bits per heavy atom. The van der Waals surface area contributed by atoms with Crippen LogP contribution in [0.4, 0.5) is 8.78 Å². The average Bonchev–Trinajstić information content (AvgIpc) is 3.18. The molecule has 5 nitrogen and oxygen atoms in total. The fourth-order valence-corrected chi connectivity index (χ4v) is 10.5. The molecule has 8 heteroatoms. The molecule has 4 saturated carbocycles. The predicted molar refractivity (Wildman–Crippen MR) is 136 cm³/mol. The standard InChI is InChI=1S/C30H49F2NO4.Na/c1-18(6-4-12-33-13-5-7-19(16-33)27(36)37)21-8-9-22-26-23(10-11-28(21,22)2)29(3)17-30(31,32)25(35)15-20(29)14-24(26)34;/h18-26,34-35H,4-17H2,1-3H3,(H,36,37);/q;+1/p-1/t18-,19?,20-,21-,22+,23+,24+,25-,26+,28-,29+;/m1./s1. The third-order valence-electron chi connectivity index (χ3n) is 12.4. The fourth-order valence-electron chi connectivity index (χ4n) is 10.5. The predicted octanol–water partition coefficient (Wildman–Crippen LogP) is 1.10. The number of carboxylic acid groups (broad SMARTS) is 1. The molecule has 5 rings (SSSR count). The Morgan fingerprint density at radius 3 is 2.50 bits per heavy atom. The van der Waals surface area contributed by atoms with Gasteiger partial charge in [0.05, 0.1) is 6.10 Å². The second kappa shape index (κ2) is 11.5. The Morgan fingerprint density at radius 1 is 1.08 bits per heavy atom. The molecule has 1 heterocycles. The van der Waals surface area contributed by atoms with Crippen molar-refractivity contribution in [3.63, 3.8) is 0 Å². The van der Waals surface area contributed by atoms with Gasteiger partial charge in [0.15, 0.2) is 0 Å². The Balaban J connectivity index is 0.00000336. The topological polar surface area (TPSA) is 83.8 Å². The van der Waals surface area contributed by atoms with Crippen molar-refractivity contribution in [3.8, 4) is 0 Å². The zero-order valence-electron chi connectivity index (χ0n) is 24.0. The zero-order valence-corrected chi connectivity index (χ0v) is 26.0. The Bertz CT molecular complexity index is 862. The van der Waals surface area contributed by atoms with E-state index in [1.54, 1.807) is 0 Å². The summed E-state index contributed by atoms with van der Waals surface area (Å²) >= 11 is 0. The molecule has 1 aliphatic heterocycles. The first-order chi connectivity index (χ1) is 17.4. The first kappa shape index (κ1) is 31.2. The summed E-state index contributed by atoms with van der Waals surface area (Å²) in [6.45, 7) is 9.32. The largest absolute Gasteiger partial charge is 1.00 e. The van der Waals surface area contributed by atoms with E-state index in [0.717, 1.165) is 64.5 Å². The smallest absolute Gasteiger partial charge is 0.550 e. The van der Waals surface area contributed by atoms with Crippen LogP contribution in [-0.2, 0) is 4.79 Å². The van der Waals surface area contributed by atoms with Crippen LogP contribution in [0.15, 0.2) is 0 Å². The van der Waals surface area contributed by atoms with Crippen LogP contribution in [0.3, 0.4) is 0 Å². The quantitative estimate of drug-likeness (QED) is 0.487. The number of nitrogens with zero attached hydrogens (tertiary/aromatic N) is 1. The molecule has 0 aromatic carbocycles. The molecule has 38 heavy (non-hydrogen) atoms. The number of carbonyl (C=O) groups is 1. The molecule has 0 radical (unpaired) electrons. The number of fused-ring (bicyclic) bond motifs is 5. The maximum absolute atomic E-state index is 14.7. The molecule has 2 N–H and O–H groups in total. The van der Waals surface area contributed by atoms with E-state index in [9.17, 15) is 28.9 Å². The van der Waals surface area contributed by atoms with Crippen molar-refractivity contribution < 1.29 is 58.5 Å². The van der Waals surface area contributed by atoms with Crippen molar-refractivity contribution in [2.24, 2.45) is 52.3 Å². The van der Waals surface area contributed by atoms with Crippen molar-refractivity contribution in [3.05, 3.63) is 0 Å². The molecule has 0 bridgehead atoms. The second-order valence-corrected chi connectivity index (χ2v) is 14.3. The minimum atomic E-state index is -3.04. The minimum absolute atomic E-state index is 0. The molecule has 1 saturated heterocycles. The van der Waals surface area contributed by atoms with Crippen molar-refractivity contribution >= 4 is 5.97 Å². The number of hydrogen-bond acceptors (Lipinski definition) is 5. The van der Waals surface area contributed by atoms with Crippen molar-refractivity contribution in [1.82, 2.24) is 4.90 Å². The van der Waals surface area contributed by atoms with Crippen LogP contribution in [0, 0.1) is 52.3 Å². The molecular weight excluding hydrogens is 499 g/mol. The number of carboxylic acids is 1. The van der Waals surface area contributed by atoms with Crippen LogP contribution in [0.2, 0.25) is 0 Å². The van der Waals surface area contributed by atoms with Crippen LogP contribution >= 0.6 is 0 Å². The van der Waals surface area contributed by atoms with E-state index in [2.05, 4.69) is 18.7 Å². The number of aliphatic hydroxyl groups excluding tert-OH is 2. The number of hydrogen-bond donors (Lipinski definition) is 2. The van der Waals surface area contributed by atoms with Gasteiger partial charge in [0.2, 0.25) is 0 Å².